The highest BCUT2D eigenvalue weighted by Gasteiger charge is 2.80. The molecule has 10 heteroatoms. The Balaban J connectivity index is 5.38. The minimum Gasteiger partial charge on any atom is -0.319 e. The summed E-state index contributed by atoms with van der Waals surface area (Å²) in [4.78, 5) is 0. The van der Waals surface area contributed by atoms with Crippen LogP contribution >= 0.6 is 22.6 Å². The first-order valence-corrected chi connectivity index (χ1v) is 4.14. The van der Waals surface area contributed by atoms with E-state index in [2.05, 4.69) is 4.74 Å². The van der Waals surface area contributed by atoms with Crippen LogP contribution in [0.4, 0.5) is 35.1 Å². The Hall–Kier alpha value is 0.130. The number of hydrogen-bond donors (Lipinski definition) is 0. The van der Waals surface area contributed by atoms with Crippen LogP contribution in [0.3, 0.4) is 0 Å². The van der Waals surface area contributed by atoms with Crippen molar-refractivity contribution in [1.82, 2.24) is 0 Å². The molecule has 0 saturated carbocycles. The molecule has 0 unspecified atom stereocenters. The maximum atomic E-state index is 12.4. The van der Waals surface area contributed by atoms with Gasteiger partial charge in [-0.3, -0.25) is 0 Å². The molecule has 0 aliphatic carbocycles. The second-order valence-corrected chi connectivity index (χ2v) is 3.72. The summed E-state index contributed by atoms with van der Waals surface area (Å²) in [7, 11) is -0.00464. The first-order valence-electron chi connectivity index (χ1n) is 3.06. The average Bonchev–Trinajstić information content (AvgIpc) is 2.01. The second kappa shape index (κ2) is 3.86. The predicted octanol–water partition coefficient (Wildman–Crippen LogP) is 3.52. The molecule has 0 bridgehead atoms. The lowest BCUT2D eigenvalue weighted by molar-refractivity contribution is -0.409. The van der Waals surface area contributed by atoms with Crippen LogP contribution in [0.25, 0.3) is 0 Å². The summed E-state index contributed by atoms with van der Waals surface area (Å²) < 4.78 is 95.2. The summed E-state index contributed by atoms with van der Waals surface area (Å²) in [6, 6.07) is 0. The van der Waals surface area contributed by atoms with Crippen molar-refractivity contribution >= 4 is 22.6 Å². The Bertz CT molecular complexity index is 234. The maximum Gasteiger partial charge on any atom is 0.425 e. The number of rotatable bonds is 4. The molecule has 0 aromatic rings. The van der Waals surface area contributed by atoms with E-state index >= 15 is 0 Å². The van der Waals surface area contributed by atoms with E-state index < -0.39 is 21.9 Å². The van der Waals surface area contributed by atoms with Gasteiger partial charge in [0.25, 0.3) is 0 Å². The van der Waals surface area contributed by atoms with Gasteiger partial charge >= 0.3 is 21.9 Å². The van der Waals surface area contributed by atoms with Crippen molar-refractivity contribution in [1.29, 1.82) is 0 Å². The van der Waals surface area contributed by atoms with Crippen molar-refractivity contribution in [2.24, 2.45) is 0 Å². The maximum absolute atomic E-state index is 12.4. The largest absolute Gasteiger partial charge is 0.425 e. The van der Waals surface area contributed by atoms with Gasteiger partial charge in [-0.15, -0.1) is 0 Å². The van der Waals surface area contributed by atoms with E-state index in [9.17, 15) is 35.1 Å². The van der Waals surface area contributed by atoms with Gasteiger partial charge in [0.1, 0.15) is 0 Å². The Labute approximate surface area is 91.9 Å². The molecule has 0 atom stereocenters. The van der Waals surface area contributed by atoms with E-state index in [0.717, 1.165) is 0 Å². The molecule has 0 saturated heterocycles. The van der Waals surface area contributed by atoms with Gasteiger partial charge in [-0.2, -0.15) is 35.1 Å². The Morgan fingerprint density at radius 3 is 1.33 bits per heavy atom. The van der Waals surface area contributed by atoms with Gasteiger partial charge in [0.15, 0.2) is 0 Å². The number of halogens is 9. The number of alkyl halides is 9. The normalized spacial score (nSPS) is 15.6. The molecule has 0 fully saturated rings. The standard InChI is InChI=1S/C5H3F8IO/c1-15-5(12,13)3(8,9)2(6,7)4(10,11)14/h1H3. The van der Waals surface area contributed by atoms with E-state index in [1.807, 2.05) is 0 Å². The van der Waals surface area contributed by atoms with Crippen LogP contribution in [0, 0.1) is 0 Å². The fourth-order valence-corrected chi connectivity index (χ4v) is 0.828. The molecule has 0 spiro atoms. The Kier molecular flexibility index (Phi) is 3.89. The van der Waals surface area contributed by atoms with Crippen LogP contribution < -0.4 is 0 Å². The highest BCUT2D eigenvalue weighted by molar-refractivity contribution is 14.1. The lowest BCUT2D eigenvalue weighted by Crippen LogP contribution is -2.60. The minimum absolute atomic E-state index is 0.00464. The quantitative estimate of drug-likeness (QED) is 0.425. The van der Waals surface area contributed by atoms with E-state index in [1.165, 1.54) is 0 Å². The molecule has 0 radical (unpaired) electrons. The third kappa shape index (κ3) is 2.29. The van der Waals surface area contributed by atoms with E-state index in [-0.39, 0.29) is 29.7 Å². The van der Waals surface area contributed by atoms with Gasteiger partial charge in [-0.25, -0.2) is 0 Å². The van der Waals surface area contributed by atoms with Gasteiger partial charge in [0.05, 0.1) is 0 Å². The van der Waals surface area contributed by atoms with Gasteiger partial charge in [0.2, 0.25) is 0 Å². The van der Waals surface area contributed by atoms with Crippen molar-refractivity contribution in [2.75, 3.05) is 7.11 Å². The smallest absolute Gasteiger partial charge is 0.319 e. The lowest BCUT2D eigenvalue weighted by atomic mass is 10.1. The highest BCUT2D eigenvalue weighted by Crippen LogP contribution is 2.54. The lowest BCUT2D eigenvalue weighted by Gasteiger charge is -2.33. The Morgan fingerprint density at radius 2 is 1.13 bits per heavy atom. The molecule has 0 aliphatic rings. The second-order valence-electron chi connectivity index (χ2n) is 2.37. The van der Waals surface area contributed by atoms with Crippen LogP contribution in [0.15, 0.2) is 0 Å². The molecule has 0 amide bonds. The molecule has 0 rings (SSSR count). The van der Waals surface area contributed by atoms with Crippen molar-refractivity contribution < 1.29 is 39.9 Å². The van der Waals surface area contributed by atoms with Crippen LogP contribution in [0.1, 0.15) is 0 Å². The SMILES string of the molecule is COC(F)(F)C(F)(F)C(F)(F)C(F)(F)I. The summed E-state index contributed by atoms with van der Waals surface area (Å²) in [5, 5.41) is 0. The summed E-state index contributed by atoms with van der Waals surface area (Å²) in [5.41, 5.74) is 0. The summed E-state index contributed by atoms with van der Waals surface area (Å²) >= 11 is -0.351. The number of ether oxygens (including phenoxy) is 1. The third-order valence-electron chi connectivity index (χ3n) is 1.37. The molecule has 0 heterocycles. The zero-order valence-electron chi connectivity index (χ0n) is 6.81. The zero-order chi connectivity index (χ0) is 12.7. The summed E-state index contributed by atoms with van der Waals surface area (Å²) in [6.07, 6.45) is -5.69. The predicted molar refractivity (Wildman–Crippen MR) is 40.8 cm³/mol. The Morgan fingerprint density at radius 1 is 0.800 bits per heavy atom. The van der Waals surface area contributed by atoms with Crippen LogP contribution in [0.5, 0.6) is 0 Å². The summed E-state index contributed by atoms with van der Waals surface area (Å²) in [6.45, 7) is 0. The molecule has 15 heavy (non-hydrogen) atoms. The van der Waals surface area contributed by atoms with Gasteiger partial charge < -0.3 is 4.74 Å². The topological polar surface area (TPSA) is 9.23 Å². The molecule has 1 nitrogen and oxygen atoms in total. The van der Waals surface area contributed by atoms with Crippen molar-refractivity contribution in [3.8, 4) is 0 Å². The average molecular weight is 358 g/mol. The molecular formula is C5H3F8IO. The van der Waals surface area contributed by atoms with Gasteiger partial charge in [-0.1, -0.05) is 0 Å². The van der Waals surface area contributed by atoms with Crippen LogP contribution in [-0.4, -0.2) is 29.0 Å². The number of hydrogen-bond acceptors (Lipinski definition) is 1. The molecule has 0 N–H and O–H groups in total. The first-order chi connectivity index (χ1) is 6.31. The molecule has 0 aromatic carbocycles. The van der Waals surface area contributed by atoms with Gasteiger partial charge in [0, 0.05) is 29.7 Å². The highest BCUT2D eigenvalue weighted by atomic mass is 127. The van der Waals surface area contributed by atoms with E-state index in [4.69, 9.17) is 0 Å². The number of methoxy groups -OCH3 is 1. The van der Waals surface area contributed by atoms with Crippen molar-refractivity contribution in [3.05, 3.63) is 0 Å². The molecule has 0 aliphatic heterocycles. The fraction of sp³-hybridized carbons (Fsp3) is 1.00. The van der Waals surface area contributed by atoms with Crippen LogP contribution in [-0.2, 0) is 4.74 Å². The monoisotopic (exact) mass is 358 g/mol. The third-order valence-corrected chi connectivity index (χ3v) is 2.05. The van der Waals surface area contributed by atoms with Crippen LogP contribution in [0.2, 0.25) is 0 Å². The first kappa shape index (κ1) is 15.1. The van der Waals surface area contributed by atoms with Crippen molar-refractivity contribution in [2.45, 2.75) is 21.9 Å². The zero-order valence-corrected chi connectivity index (χ0v) is 8.97. The van der Waals surface area contributed by atoms with Gasteiger partial charge in [-0.05, 0) is 0 Å². The molecule has 92 valence electrons. The van der Waals surface area contributed by atoms with Crippen molar-refractivity contribution in [3.63, 3.8) is 0 Å². The van der Waals surface area contributed by atoms with E-state index in [1.54, 1.807) is 0 Å². The fourth-order valence-electron chi connectivity index (χ4n) is 0.489. The van der Waals surface area contributed by atoms with E-state index in [0.29, 0.717) is 0 Å². The summed E-state index contributed by atoms with van der Waals surface area (Å²) in [5.74, 6) is -12.6. The minimum atomic E-state index is -6.32. The molecule has 0 aromatic heterocycles. The molecular weight excluding hydrogens is 355 g/mol.